The number of amides is 1. The highest BCUT2D eigenvalue weighted by atomic mass is 16.3. The maximum absolute atomic E-state index is 13.2. The normalized spacial score (nSPS) is 24.7. The summed E-state index contributed by atoms with van der Waals surface area (Å²) in [5.41, 5.74) is 3.60. The van der Waals surface area contributed by atoms with E-state index in [0.29, 0.717) is 37.0 Å². The second kappa shape index (κ2) is 9.62. The molecule has 0 aromatic heterocycles. The first-order valence-electron chi connectivity index (χ1n) is 12.8. The molecule has 3 saturated heterocycles. The Morgan fingerprint density at radius 3 is 2.47 bits per heavy atom. The Morgan fingerprint density at radius 2 is 1.76 bits per heavy atom. The molecule has 7 heteroatoms. The predicted molar refractivity (Wildman–Crippen MR) is 133 cm³/mol. The molecule has 4 aliphatic rings. The van der Waals surface area contributed by atoms with Gasteiger partial charge in [0.15, 0.2) is 0 Å². The van der Waals surface area contributed by atoms with Gasteiger partial charge in [0.2, 0.25) is 0 Å². The summed E-state index contributed by atoms with van der Waals surface area (Å²) < 4.78 is 0. The number of nitrogens with zero attached hydrogens (tertiary/aromatic N) is 4. The summed E-state index contributed by atoms with van der Waals surface area (Å²) in [7, 11) is 2.21. The van der Waals surface area contributed by atoms with Crippen molar-refractivity contribution in [2.75, 3.05) is 59.4 Å². The lowest BCUT2D eigenvalue weighted by Gasteiger charge is -2.43. The molecule has 1 aromatic carbocycles. The first-order chi connectivity index (χ1) is 16.4. The van der Waals surface area contributed by atoms with Crippen LogP contribution in [0.4, 0.5) is 0 Å². The summed E-state index contributed by atoms with van der Waals surface area (Å²) in [5, 5.41) is 20.3. The second-order valence-electron chi connectivity index (χ2n) is 10.4. The smallest absolute Gasteiger partial charge is 0.257 e. The highest BCUT2D eigenvalue weighted by Gasteiger charge is 2.35. The van der Waals surface area contributed by atoms with Crippen LogP contribution in [0.25, 0.3) is 0 Å². The van der Waals surface area contributed by atoms with Gasteiger partial charge in [-0.1, -0.05) is 13.0 Å². The zero-order chi connectivity index (χ0) is 23.8. The molecule has 0 saturated carbocycles. The third kappa shape index (κ3) is 4.56. The molecule has 0 spiro atoms. The van der Waals surface area contributed by atoms with E-state index in [4.69, 9.17) is 0 Å². The molecule has 0 bridgehead atoms. The van der Waals surface area contributed by atoms with Gasteiger partial charge in [-0.25, -0.2) is 0 Å². The Labute approximate surface area is 202 Å². The van der Waals surface area contributed by atoms with Gasteiger partial charge in [-0.3, -0.25) is 9.69 Å². The first kappa shape index (κ1) is 23.2. The van der Waals surface area contributed by atoms with E-state index < -0.39 is 0 Å². The predicted octanol–water partition coefficient (Wildman–Crippen LogP) is 2.66. The largest absolute Gasteiger partial charge is 0.508 e. The molecule has 1 atom stereocenters. The van der Waals surface area contributed by atoms with Crippen LogP contribution in [0.2, 0.25) is 0 Å². The van der Waals surface area contributed by atoms with E-state index in [9.17, 15) is 15.0 Å². The fourth-order valence-electron chi connectivity index (χ4n) is 6.00. The quantitative estimate of drug-likeness (QED) is 0.711. The number of likely N-dealkylation sites (tertiary alicyclic amines) is 2. The number of hydrogen-bond acceptors (Lipinski definition) is 6. The minimum atomic E-state index is -0.156. The number of piperazine rings is 1. The number of benzene rings is 1. The van der Waals surface area contributed by atoms with Crippen LogP contribution < -0.4 is 0 Å². The zero-order valence-electron chi connectivity index (χ0n) is 20.5. The Hall–Kier alpha value is -2.51. The van der Waals surface area contributed by atoms with Crippen LogP contribution in [0.15, 0.2) is 35.6 Å². The maximum Gasteiger partial charge on any atom is 0.257 e. The van der Waals surface area contributed by atoms with Gasteiger partial charge in [0.1, 0.15) is 11.5 Å². The highest BCUT2D eigenvalue weighted by molar-refractivity contribution is 5.97. The number of carbonyl (C=O) groups is 1. The molecule has 0 radical (unpaired) electrons. The second-order valence-corrected chi connectivity index (χ2v) is 10.4. The highest BCUT2D eigenvalue weighted by Crippen LogP contribution is 2.36. The number of aromatic hydroxyl groups is 2. The molecule has 1 unspecified atom stereocenters. The zero-order valence-corrected chi connectivity index (χ0v) is 20.5. The summed E-state index contributed by atoms with van der Waals surface area (Å²) in [6.45, 7) is 10.2. The monoisotopic (exact) mass is 466 g/mol. The van der Waals surface area contributed by atoms with Crippen molar-refractivity contribution in [1.82, 2.24) is 19.6 Å². The van der Waals surface area contributed by atoms with E-state index >= 15 is 0 Å². The summed E-state index contributed by atoms with van der Waals surface area (Å²) in [6.07, 6.45) is 8.68. The third-order valence-electron chi connectivity index (χ3n) is 8.26. The van der Waals surface area contributed by atoms with Gasteiger partial charge in [0.25, 0.3) is 5.91 Å². The number of carbonyl (C=O) groups excluding carboxylic acids is 1. The number of phenolic OH excluding ortho intramolecular Hbond substituents is 2. The average molecular weight is 467 g/mol. The van der Waals surface area contributed by atoms with Crippen molar-refractivity contribution in [3.63, 3.8) is 0 Å². The van der Waals surface area contributed by atoms with Crippen molar-refractivity contribution in [3.05, 3.63) is 46.7 Å². The van der Waals surface area contributed by atoms with Crippen LogP contribution in [-0.4, -0.2) is 101 Å². The fraction of sp³-hybridized carbons (Fsp3) is 0.593. The molecule has 184 valence electrons. The van der Waals surface area contributed by atoms with Crippen molar-refractivity contribution in [1.29, 1.82) is 0 Å². The van der Waals surface area contributed by atoms with Gasteiger partial charge in [-0.15, -0.1) is 0 Å². The molecular formula is C27H38N4O3. The van der Waals surface area contributed by atoms with Crippen molar-refractivity contribution in [2.45, 2.75) is 38.6 Å². The molecule has 1 aromatic rings. The Morgan fingerprint density at radius 1 is 1.03 bits per heavy atom. The standard InChI is InChI=1S/C27H38N4O3/c1-3-19-15-24(26(33)16-25(19)32)27(34)31-17-20-4-5-23(14-21(20)18-31)29-8-6-22(7-9-29)30-12-10-28(2)11-13-30/h5,14-16,20,22,32-33H,3-4,6-13,17-18H2,1-2H3. The van der Waals surface area contributed by atoms with Crippen LogP contribution in [0, 0.1) is 5.92 Å². The lowest BCUT2D eigenvalue weighted by Crippen LogP contribution is -2.52. The number of rotatable bonds is 4. The van der Waals surface area contributed by atoms with Gasteiger partial charge in [0, 0.05) is 76.1 Å². The number of allylic oxidation sites excluding steroid dienone is 2. The molecule has 1 amide bonds. The molecule has 3 fully saturated rings. The number of aryl methyl sites for hydroxylation is 1. The number of piperidine rings is 1. The van der Waals surface area contributed by atoms with E-state index in [1.807, 2.05) is 11.8 Å². The van der Waals surface area contributed by atoms with Gasteiger partial charge in [-0.2, -0.15) is 0 Å². The van der Waals surface area contributed by atoms with Crippen molar-refractivity contribution in [2.24, 2.45) is 5.92 Å². The fourth-order valence-corrected chi connectivity index (χ4v) is 6.00. The van der Waals surface area contributed by atoms with Crippen LogP contribution in [-0.2, 0) is 6.42 Å². The third-order valence-corrected chi connectivity index (χ3v) is 8.26. The topological polar surface area (TPSA) is 70.5 Å². The molecule has 5 rings (SSSR count). The summed E-state index contributed by atoms with van der Waals surface area (Å²) in [5.74, 6) is 0.0997. The number of likely N-dealkylation sites (N-methyl/N-ethyl adjacent to an activating group) is 1. The summed E-state index contributed by atoms with van der Waals surface area (Å²) in [4.78, 5) is 22.7. The van der Waals surface area contributed by atoms with E-state index in [1.165, 1.54) is 56.4 Å². The molecule has 3 heterocycles. The summed E-state index contributed by atoms with van der Waals surface area (Å²) in [6, 6.07) is 3.64. The van der Waals surface area contributed by atoms with Crippen molar-refractivity contribution < 1.29 is 15.0 Å². The average Bonchev–Trinajstić information content (AvgIpc) is 3.28. The summed E-state index contributed by atoms with van der Waals surface area (Å²) >= 11 is 0. The molecular weight excluding hydrogens is 428 g/mol. The lowest BCUT2D eigenvalue weighted by molar-refractivity contribution is 0.0763. The van der Waals surface area contributed by atoms with Crippen molar-refractivity contribution in [3.8, 4) is 11.5 Å². The number of phenols is 2. The van der Waals surface area contributed by atoms with E-state index in [1.54, 1.807) is 6.07 Å². The minimum absolute atomic E-state index is 0.0413. The van der Waals surface area contributed by atoms with Gasteiger partial charge < -0.3 is 24.9 Å². The Kier molecular flexibility index (Phi) is 6.58. The maximum atomic E-state index is 13.2. The first-order valence-corrected chi connectivity index (χ1v) is 12.8. The molecule has 1 aliphatic carbocycles. The molecule has 3 aliphatic heterocycles. The van der Waals surface area contributed by atoms with Crippen LogP contribution >= 0.6 is 0 Å². The SMILES string of the molecule is CCc1cc(C(=O)N2CC3=CC(N4CCC(N5CCN(C)CC5)CC4)=CCC3C2)c(O)cc1O. The van der Waals surface area contributed by atoms with Crippen LogP contribution in [0.1, 0.15) is 42.1 Å². The number of hydrogen-bond donors (Lipinski definition) is 2. The van der Waals surface area contributed by atoms with Gasteiger partial charge in [-0.05, 0) is 56.0 Å². The Bertz CT molecular complexity index is 988. The molecule has 34 heavy (non-hydrogen) atoms. The Balaban J connectivity index is 1.20. The van der Waals surface area contributed by atoms with Crippen molar-refractivity contribution >= 4 is 5.91 Å². The number of fused-ring (bicyclic) bond motifs is 1. The van der Waals surface area contributed by atoms with Crippen LogP contribution in [0.5, 0.6) is 11.5 Å². The van der Waals surface area contributed by atoms with E-state index in [2.05, 4.69) is 33.9 Å². The molecule has 7 nitrogen and oxygen atoms in total. The molecule has 2 N–H and O–H groups in total. The van der Waals surface area contributed by atoms with Crippen LogP contribution in [0.3, 0.4) is 0 Å². The minimum Gasteiger partial charge on any atom is -0.508 e. The van der Waals surface area contributed by atoms with Gasteiger partial charge in [0.05, 0.1) is 5.56 Å². The van der Waals surface area contributed by atoms with E-state index in [0.717, 1.165) is 19.5 Å². The van der Waals surface area contributed by atoms with E-state index in [-0.39, 0.29) is 23.0 Å². The van der Waals surface area contributed by atoms with Gasteiger partial charge >= 0.3 is 0 Å². The lowest BCUT2D eigenvalue weighted by atomic mass is 9.92.